The summed E-state index contributed by atoms with van der Waals surface area (Å²) < 4.78 is 5.51. The first-order valence-corrected chi connectivity index (χ1v) is 7.89. The molecule has 0 saturated carbocycles. The molecule has 0 unspecified atom stereocenters. The third kappa shape index (κ3) is 5.87. The minimum absolute atomic E-state index is 0.0720. The zero-order valence-electron chi connectivity index (χ0n) is 11.9. The van der Waals surface area contributed by atoms with Crippen molar-refractivity contribution >= 4 is 22.9 Å². The number of benzene rings is 1. The van der Waals surface area contributed by atoms with E-state index in [4.69, 9.17) is 10.5 Å². The smallest absolute Gasteiger partial charge is 0.220 e. The van der Waals surface area contributed by atoms with Crippen LogP contribution in [0.3, 0.4) is 0 Å². The van der Waals surface area contributed by atoms with E-state index in [1.807, 2.05) is 24.3 Å². The van der Waals surface area contributed by atoms with Gasteiger partial charge in [-0.2, -0.15) is 0 Å². The summed E-state index contributed by atoms with van der Waals surface area (Å²) in [5.41, 5.74) is 6.33. The predicted octanol–water partition coefficient (Wildman–Crippen LogP) is 2.85. The Labute approximate surface area is 128 Å². The largest absolute Gasteiger partial charge is 0.492 e. The third-order valence-corrected chi connectivity index (χ3v) is 3.89. The van der Waals surface area contributed by atoms with E-state index in [1.54, 1.807) is 17.4 Å². The second kappa shape index (κ2) is 8.32. The van der Waals surface area contributed by atoms with Gasteiger partial charge in [0.1, 0.15) is 12.4 Å². The number of amides is 1. The van der Waals surface area contributed by atoms with Crippen LogP contribution in [0.15, 0.2) is 41.8 Å². The van der Waals surface area contributed by atoms with Crippen LogP contribution in [-0.2, 0) is 11.2 Å². The van der Waals surface area contributed by atoms with Crippen LogP contribution in [0.4, 0.5) is 5.69 Å². The fourth-order valence-electron chi connectivity index (χ4n) is 1.93. The predicted molar refractivity (Wildman–Crippen MR) is 86.6 cm³/mol. The number of anilines is 1. The Morgan fingerprint density at radius 1 is 1.29 bits per heavy atom. The monoisotopic (exact) mass is 304 g/mol. The molecular weight excluding hydrogens is 284 g/mol. The molecule has 0 atom stereocenters. The Morgan fingerprint density at radius 3 is 2.95 bits per heavy atom. The first kappa shape index (κ1) is 15.4. The van der Waals surface area contributed by atoms with E-state index in [-0.39, 0.29) is 5.91 Å². The number of rotatable bonds is 8. The summed E-state index contributed by atoms with van der Waals surface area (Å²) in [5.74, 6) is 0.796. The molecule has 1 heterocycles. The molecule has 21 heavy (non-hydrogen) atoms. The number of ether oxygens (including phenoxy) is 1. The molecule has 3 N–H and O–H groups in total. The van der Waals surface area contributed by atoms with Crippen molar-refractivity contribution in [2.75, 3.05) is 18.9 Å². The molecule has 0 bridgehead atoms. The van der Waals surface area contributed by atoms with Crippen molar-refractivity contribution in [3.05, 3.63) is 46.7 Å². The molecule has 0 aliphatic rings. The lowest BCUT2D eigenvalue weighted by molar-refractivity contribution is -0.121. The van der Waals surface area contributed by atoms with Crippen molar-refractivity contribution < 1.29 is 9.53 Å². The van der Waals surface area contributed by atoms with Crippen molar-refractivity contribution in [3.8, 4) is 5.75 Å². The fourth-order valence-corrected chi connectivity index (χ4v) is 2.68. The average molecular weight is 304 g/mol. The summed E-state index contributed by atoms with van der Waals surface area (Å²) >= 11 is 1.73. The molecule has 1 aromatic carbocycles. The van der Waals surface area contributed by atoms with Crippen LogP contribution in [0, 0.1) is 0 Å². The highest BCUT2D eigenvalue weighted by Crippen LogP contribution is 2.14. The van der Waals surface area contributed by atoms with Crippen molar-refractivity contribution in [1.82, 2.24) is 5.32 Å². The summed E-state index contributed by atoms with van der Waals surface area (Å²) in [4.78, 5) is 13.0. The normalized spacial score (nSPS) is 10.3. The van der Waals surface area contributed by atoms with Gasteiger partial charge in [-0.1, -0.05) is 12.1 Å². The Kier molecular flexibility index (Phi) is 6.09. The second-order valence-electron chi connectivity index (χ2n) is 4.70. The van der Waals surface area contributed by atoms with Gasteiger partial charge < -0.3 is 15.8 Å². The van der Waals surface area contributed by atoms with Crippen LogP contribution in [0.25, 0.3) is 0 Å². The number of nitrogen functional groups attached to an aromatic ring is 1. The number of aryl methyl sites for hydroxylation is 1. The number of nitrogens with one attached hydrogen (secondary N) is 1. The van der Waals surface area contributed by atoms with Crippen LogP contribution >= 0.6 is 11.3 Å². The number of thiophene rings is 1. The first-order chi connectivity index (χ1) is 10.2. The van der Waals surface area contributed by atoms with E-state index in [1.165, 1.54) is 4.88 Å². The quantitative estimate of drug-likeness (QED) is 0.582. The molecule has 0 radical (unpaired) electrons. The first-order valence-electron chi connectivity index (χ1n) is 7.01. The molecule has 4 nitrogen and oxygen atoms in total. The van der Waals surface area contributed by atoms with E-state index >= 15 is 0 Å². The zero-order chi connectivity index (χ0) is 14.9. The molecule has 0 saturated heterocycles. The highest BCUT2D eigenvalue weighted by atomic mass is 32.1. The van der Waals surface area contributed by atoms with Gasteiger partial charge in [0.2, 0.25) is 5.91 Å². The lowest BCUT2D eigenvalue weighted by atomic mass is 10.2. The van der Waals surface area contributed by atoms with E-state index in [9.17, 15) is 4.79 Å². The number of hydrogen-bond donors (Lipinski definition) is 2. The molecule has 0 spiro atoms. The maximum Gasteiger partial charge on any atom is 0.220 e. The Balaban J connectivity index is 1.55. The van der Waals surface area contributed by atoms with Gasteiger partial charge in [-0.3, -0.25) is 4.79 Å². The van der Waals surface area contributed by atoms with Crippen molar-refractivity contribution in [2.45, 2.75) is 19.3 Å². The van der Waals surface area contributed by atoms with Crippen molar-refractivity contribution in [1.29, 1.82) is 0 Å². The molecular formula is C16H20N2O2S. The standard InChI is InChI=1S/C16H20N2O2S/c17-13-4-1-5-14(12-13)20-10-9-18-16(19)8-2-6-15-7-3-11-21-15/h1,3-5,7,11-12H,2,6,8-10,17H2,(H,18,19). The number of nitrogens with two attached hydrogens (primary N) is 1. The molecule has 2 aromatic rings. The Bertz CT molecular complexity index is 555. The van der Waals surface area contributed by atoms with Gasteiger partial charge in [0.15, 0.2) is 0 Å². The summed E-state index contributed by atoms with van der Waals surface area (Å²) in [5, 5.41) is 4.91. The van der Waals surface area contributed by atoms with Gasteiger partial charge in [-0.15, -0.1) is 11.3 Å². The molecule has 0 fully saturated rings. The van der Waals surface area contributed by atoms with Crippen LogP contribution in [-0.4, -0.2) is 19.1 Å². The fraction of sp³-hybridized carbons (Fsp3) is 0.312. The average Bonchev–Trinajstić information content (AvgIpc) is 2.97. The molecule has 112 valence electrons. The highest BCUT2D eigenvalue weighted by Gasteiger charge is 2.02. The summed E-state index contributed by atoms with van der Waals surface area (Å²) in [6.07, 6.45) is 2.39. The van der Waals surface area contributed by atoms with Crippen molar-refractivity contribution in [3.63, 3.8) is 0 Å². The van der Waals surface area contributed by atoms with Crippen molar-refractivity contribution in [2.24, 2.45) is 0 Å². The molecule has 1 amide bonds. The van der Waals surface area contributed by atoms with Gasteiger partial charge in [0.05, 0.1) is 6.54 Å². The number of hydrogen-bond acceptors (Lipinski definition) is 4. The van der Waals surface area contributed by atoms with Crippen LogP contribution in [0.5, 0.6) is 5.75 Å². The van der Waals surface area contributed by atoms with Crippen LogP contribution in [0.2, 0.25) is 0 Å². The molecule has 0 aliphatic carbocycles. The van der Waals surface area contributed by atoms with Gasteiger partial charge in [0.25, 0.3) is 0 Å². The summed E-state index contributed by atoms with van der Waals surface area (Å²) in [7, 11) is 0. The molecule has 0 aliphatic heterocycles. The van der Waals surface area contributed by atoms with E-state index in [2.05, 4.69) is 16.8 Å². The maximum atomic E-state index is 11.7. The topological polar surface area (TPSA) is 64.3 Å². The van der Waals surface area contributed by atoms with Gasteiger partial charge in [-0.05, 0) is 36.4 Å². The highest BCUT2D eigenvalue weighted by molar-refractivity contribution is 7.09. The second-order valence-corrected chi connectivity index (χ2v) is 5.74. The maximum absolute atomic E-state index is 11.7. The molecule has 5 heteroatoms. The van der Waals surface area contributed by atoms with Crippen LogP contribution < -0.4 is 15.8 Å². The van der Waals surface area contributed by atoms with E-state index in [0.29, 0.717) is 25.3 Å². The van der Waals surface area contributed by atoms with Gasteiger partial charge in [0, 0.05) is 23.1 Å². The molecule has 1 aromatic heterocycles. The van der Waals surface area contributed by atoms with E-state index < -0.39 is 0 Å². The lowest BCUT2D eigenvalue weighted by Gasteiger charge is -2.08. The number of carbonyl (C=O) groups excluding carboxylic acids is 1. The summed E-state index contributed by atoms with van der Waals surface area (Å²) in [6.45, 7) is 0.951. The Morgan fingerprint density at radius 2 is 2.19 bits per heavy atom. The third-order valence-electron chi connectivity index (χ3n) is 2.96. The van der Waals surface area contributed by atoms with E-state index in [0.717, 1.165) is 18.6 Å². The SMILES string of the molecule is Nc1cccc(OCCNC(=O)CCCc2cccs2)c1. The minimum Gasteiger partial charge on any atom is -0.492 e. The lowest BCUT2D eigenvalue weighted by Crippen LogP contribution is -2.27. The van der Waals surface area contributed by atoms with Gasteiger partial charge >= 0.3 is 0 Å². The Hall–Kier alpha value is -2.01. The van der Waals surface area contributed by atoms with Gasteiger partial charge in [-0.25, -0.2) is 0 Å². The van der Waals surface area contributed by atoms with Crippen LogP contribution in [0.1, 0.15) is 17.7 Å². The molecule has 2 rings (SSSR count). The number of carbonyl (C=O) groups is 1. The summed E-state index contributed by atoms with van der Waals surface area (Å²) in [6, 6.07) is 11.4. The zero-order valence-corrected chi connectivity index (χ0v) is 12.7. The minimum atomic E-state index is 0.0720.